The first-order chi connectivity index (χ1) is 12.8. The molecular formula is C19H18F2N2O4. The quantitative estimate of drug-likeness (QED) is 0.759. The van der Waals surface area contributed by atoms with Crippen molar-refractivity contribution in [1.29, 1.82) is 0 Å². The predicted octanol–water partition coefficient (Wildman–Crippen LogP) is 2.49. The van der Waals surface area contributed by atoms with Gasteiger partial charge < -0.3 is 15.4 Å². The van der Waals surface area contributed by atoms with Crippen LogP contribution in [-0.4, -0.2) is 30.9 Å². The molecule has 2 aromatic carbocycles. The van der Waals surface area contributed by atoms with Crippen LogP contribution < -0.4 is 10.6 Å². The summed E-state index contributed by atoms with van der Waals surface area (Å²) in [6.45, 7) is 2.74. The van der Waals surface area contributed by atoms with Crippen LogP contribution in [0.1, 0.15) is 21.5 Å². The highest BCUT2D eigenvalue weighted by molar-refractivity contribution is 5.96. The molecule has 2 N–H and O–H groups in total. The van der Waals surface area contributed by atoms with Crippen LogP contribution >= 0.6 is 0 Å². The third-order valence-electron chi connectivity index (χ3n) is 3.73. The Morgan fingerprint density at radius 2 is 1.70 bits per heavy atom. The maximum absolute atomic E-state index is 13.1. The molecule has 0 saturated carbocycles. The van der Waals surface area contributed by atoms with E-state index >= 15 is 0 Å². The van der Waals surface area contributed by atoms with Crippen molar-refractivity contribution in [2.24, 2.45) is 0 Å². The van der Waals surface area contributed by atoms with Crippen molar-refractivity contribution in [3.8, 4) is 0 Å². The number of rotatable bonds is 6. The van der Waals surface area contributed by atoms with Gasteiger partial charge in [0.15, 0.2) is 18.2 Å². The minimum absolute atomic E-state index is 0.0259. The molecule has 0 radical (unpaired) electrons. The number of anilines is 1. The number of benzene rings is 2. The fourth-order valence-electron chi connectivity index (χ4n) is 2.11. The Morgan fingerprint density at radius 1 is 0.963 bits per heavy atom. The summed E-state index contributed by atoms with van der Waals surface area (Å²) in [5, 5.41) is 4.65. The fourth-order valence-corrected chi connectivity index (χ4v) is 2.11. The van der Waals surface area contributed by atoms with Gasteiger partial charge in [-0.15, -0.1) is 0 Å². The van der Waals surface area contributed by atoms with E-state index in [9.17, 15) is 23.2 Å². The van der Waals surface area contributed by atoms with Gasteiger partial charge in [0.2, 0.25) is 0 Å². The number of aryl methyl sites for hydroxylation is 2. The van der Waals surface area contributed by atoms with Crippen molar-refractivity contribution in [2.45, 2.75) is 13.8 Å². The molecule has 27 heavy (non-hydrogen) atoms. The third kappa shape index (κ3) is 5.88. The molecule has 0 atom stereocenters. The van der Waals surface area contributed by atoms with E-state index in [1.165, 1.54) is 6.07 Å². The Kier molecular flexibility index (Phi) is 6.59. The van der Waals surface area contributed by atoms with E-state index in [1.54, 1.807) is 18.2 Å². The van der Waals surface area contributed by atoms with Gasteiger partial charge in [0.1, 0.15) is 6.54 Å². The summed E-state index contributed by atoms with van der Waals surface area (Å²) in [7, 11) is 0. The first kappa shape index (κ1) is 20.0. The maximum atomic E-state index is 13.1. The Hall–Kier alpha value is -3.29. The molecule has 2 aromatic rings. The highest BCUT2D eigenvalue weighted by atomic mass is 19.2. The van der Waals surface area contributed by atoms with E-state index in [1.807, 2.05) is 13.8 Å². The molecule has 0 fully saturated rings. The summed E-state index contributed by atoms with van der Waals surface area (Å²) in [5.41, 5.74) is 2.41. The van der Waals surface area contributed by atoms with Crippen LogP contribution in [0.2, 0.25) is 0 Å². The minimum atomic E-state index is -1.11. The predicted molar refractivity (Wildman–Crippen MR) is 94.2 cm³/mol. The number of amides is 2. The van der Waals surface area contributed by atoms with Crippen molar-refractivity contribution >= 4 is 23.5 Å². The van der Waals surface area contributed by atoms with Crippen LogP contribution in [0.3, 0.4) is 0 Å². The summed E-state index contributed by atoms with van der Waals surface area (Å²) >= 11 is 0. The summed E-state index contributed by atoms with van der Waals surface area (Å²) in [6.07, 6.45) is 0. The fraction of sp³-hybridized carbons (Fsp3) is 0.211. The second kappa shape index (κ2) is 8.88. The molecule has 2 amide bonds. The van der Waals surface area contributed by atoms with Crippen LogP contribution in [0.4, 0.5) is 14.5 Å². The van der Waals surface area contributed by atoms with Gasteiger partial charge in [0.25, 0.3) is 11.8 Å². The summed E-state index contributed by atoms with van der Waals surface area (Å²) in [4.78, 5) is 35.3. The van der Waals surface area contributed by atoms with Crippen molar-refractivity contribution in [1.82, 2.24) is 5.32 Å². The minimum Gasteiger partial charge on any atom is -0.454 e. The van der Waals surface area contributed by atoms with E-state index in [0.29, 0.717) is 5.56 Å². The molecular weight excluding hydrogens is 358 g/mol. The molecule has 0 aliphatic carbocycles. The monoisotopic (exact) mass is 376 g/mol. The van der Waals surface area contributed by atoms with E-state index in [0.717, 1.165) is 23.3 Å². The lowest BCUT2D eigenvalue weighted by Gasteiger charge is -2.08. The first-order valence-corrected chi connectivity index (χ1v) is 8.02. The van der Waals surface area contributed by atoms with Crippen LogP contribution in [0.5, 0.6) is 0 Å². The Labute approximate surface area is 154 Å². The van der Waals surface area contributed by atoms with Crippen molar-refractivity contribution in [3.63, 3.8) is 0 Å². The highest BCUT2D eigenvalue weighted by Gasteiger charge is 2.12. The molecule has 0 bridgehead atoms. The number of carbonyl (C=O) groups is 3. The van der Waals surface area contributed by atoms with Crippen molar-refractivity contribution < 1.29 is 27.9 Å². The Bertz CT molecular complexity index is 884. The molecule has 2 rings (SSSR count). The molecule has 8 heteroatoms. The zero-order valence-corrected chi connectivity index (χ0v) is 14.8. The van der Waals surface area contributed by atoms with Gasteiger partial charge in [-0.05, 0) is 49.2 Å². The third-order valence-corrected chi connectivity index (χ3v) is 3.73. The Morgan fingerprint density at radius 3 is 2.37 bits per heavy atom. The number of ether oxygens (including phenoxy) is 1. The molecule has 142 valence electrons. The smallest absolute Gasteiger partial charge is 0.325 e. The van der Waals surface area contributed by atoms with Crippen LogP contribution in [0.25, 0.3) is 0 Å². The van der Waals surface area contributed by atoms with Crippen molar-refractivity contribution in [3.05, 3.63) is 64.7 Å². The molecule has 0 aliphatic rings. The zero-order chi connectivity index (χ0) is 20.0. The average molecular weight is 376 g/mol. The zero-order valence-electron chi connectivity index (χ0n) is 14.8. The van der Waals surface area contributed by atoms with Gasteiger partial charge >= 0.3 is 5.97 Å². The number of hydrogen-bond donors (Lipinski definition) is 2. The average Bonchev–Trinajstić information content (AvgIpc) is 2.63. The summed E-state index contributed by atoms with van der Waals surface area (Å²) in [6, 6.07) is 7.97. The molecule has 0 spiro atoms. The van der Waals surface area contributed by atoms with Crippen LogP contribution in [-0.2, 0) is 14.3 Å². The van der Waals surface area contributed by atoms with E-state index in [-0.39, 0.29) is 5.69 Å². The van der Waals surface area contributed by atoms with Crippen LogP contribution in [0, 0.1) is 25.5 Å². The molecule has 6 nitrogen and oxygen atoms in total. The largest absolute Gasteiger partial charge is 0.454 e. The lowest BCUT2D eigenvalue weighted by atomic mass is 10.1. The van der Waals surface area contributed by atoms with Gasteiger partial charge in [0, 0.05) is 17.3 Å². The van der Waals surface area contributed by atoms with Gasteiger partial charge in [-0.25, -0.2) is 8.78 Å². The van der Waals surface area contributed by atoms with Gasteiger partial charge in [0.05, 0.1) is 0 Å². The first-order valence-electron chi connectivity index (χ1n) is 8.02. The topological polar surface area (TPSA) is 84.5 Å². The molecule has 0 saturated heterocycles. The number of halogens is 2. The van der Waals surface area contributed by atoms with Gasteiger partial charge in [-0.3, -0.25) is 14.4 Å². The molecule has 0 heterocycles. The highest BCUT2D eigenvalue weighted by Crippen LogP contribution is 2.13. The van der Waals surface area contributed by atoms with Gasteiger partial charge in [-0.2, -0.15) is 0 Å². The van der Waals surface area contributed by atoms with Crippen molar-refractivity contribution in [2.75, 3.05) is 18.5 Å². The Balaban J connectivity index is 1.76. The summed E-state index contributed by atoms with van der Waals surface area (Å²) in [5.74, 6) is -4.14. The van der Waals surface area contributed by atoms with Gasteiger partial charge in [-0.1, -0.05) is 6.07 Å². The molecule has 0 aromatic heterocycles. The van der Waals surface area contributed by atoms with Crippen LogP contribution in [0.15, 0.2) is 36.4 Å². The normalized spacial score (nSPS) is 10.2. The molecule has 0 aliphatic heterocycles. The number of nitrogens with one attached hydrogen (secondary N) is 2. The van der Waals surface area contributed by atoms with E-state index in [2.05, 4.69) is 10.6 Å². The summed E-state index contributed by atoms with van der Waals surface area (Å²) < 4.78 is 30.6. The number of hydrogen-bond acceptors (Lipinski definition) is 4. The van der Waals surface area contributed by atoms with E-state index < -0.39 is 42.6 Å². The van der Waals surface area contributed by atoms with E-state index in [4.69, 9.17) is 4.74 Å². The standard InChI is InChI=1S/C19H18F2N2O4/c1-11-3-4-13(7-12(11)2)19(26)22-9-18(25)27-10-17(24)23-14-5-6-15(20)16(21)8-14/h3-8H,9-10H2,1-2H3,(H,22,26)(H,23,24). The second-order valence-corrected chi connectivity index (χ2v) is 5.82. The maximum Gasteiger partial charge on any atom is 0.325 e. The number of esters is 1. The molecule has 0 unspecified atom stereocenters. The lowest BCUT2D eigenvalue weighted by Crippen LogP contribution is -2.32. The second-order valence-electron chi connectivity index (χ2n) is 5.82. The number of carbonyl (C=O) groups excluding carboxylic acids is 3. The lowest BCUT2D eigenvalue weighted by molar-refractivity contribution is -0.146. The SMILES string of the molecule is Cc1ccc(C(=O)NCC(=O)OCC(=O)Nc2ccc(F)c(F)c2)cc1C.